The van der Waals surface area contributed by atoms with Crippen molar-refractivity contribution in [2.45, 2.75) is 25.3 Å². The van der Waals surface area contributed by atoms with Gasteiger partial charge in [-0.3, -0.25) is 4.79 Å². The van der Waals surface area contributed by atoms with E-state index in [4.69, 9.17) is 4.98 Å². The van der Waals surface area contributed by atoms with Crippen molar-refractivity contribution in [2.24, 2.45) is 0 Å². The number of H-pyrrole nitrogens is 2. The molecule has 1 saturated carbocycles. The molecular formula is C29H25N5O. The molecule has 0 unspecified atom stereocenters. The Labute approximate surface area is 203 Å². The minimum absolute atomic E-state index is 0.185. The Balaban J connectivity index is 1.41. The number of amides is 1. The summed E-state index contributed by atoms with van der Waals surface area (Å²) >= 11 is 0. The quantitative estimate of drug-likeness (QED) is 0.262. The van der Waals surface area contributed by atoms with E-state index >= 15 is 0 Å². The van der Waals surface area contributed by atoms with Crippen LogP contribution in [0.5, 0.6) is 0 Å². The standard InChI is InChI=1S/C29H25N5O/c1-2-25(35)31-17-18-7-6-10-21(15-18)28-33-26(20-11-12-20)27(34-28)22-13-14-30-29-23(22)16-24(32-29)19-8-4-3-5-9-19/h2-10,13-16,20H,1,11-12,17H2,(H,30,32)(H,31,35)(H,33,34). The zero-order chi connectivity index (χ0) is 23.8. The van der Waals surface area contributed by atoms with Crippen LogP contribution in [-0.2, 0) is 11.3 Å². The minimum atomic E-state index is -0.185. The Morgan fingerprint density at radius 2 is 1.86 bits per heavy atom. The van der Waals surface area contributed by atoms with Crippen molar-refractivity contribution in [1.82, 2.24) is 25.3 Å². The van der Waals surface area contributed by atoms with Crippen LogP contribution >= 0.6 is 0 Å². The van der Waals surface area contributed by atoms with E-state index in [2.05, 4.69) is 57.2 Å². The van der Waals surface area contributed by atoms with E-state index in [0.717, 1.165) is 50.5 Å². The number of benzene rings is 2. The normalized spacial score (nSPS) is 13.1. The van der Waals surface area contributed by atoms with E-state index in [1.165, 1.54) is 24.6 Å². The molecule has 0 radical (unpaired) electrons. The van der Waals surface area contributed by atoms with Gasteiger partial charge in [0.1, 0.15) is 11.5 Å². The van der Waals surface area contributed by atoms with Gasteiger partial charge < -0.3 is 15.3 Å². The number of hydrogen-bond donors (Lipinski definition) is 3. The summed E-state index contributed by atoms with van der Waals surface area (Å²) in [4.78, 5) is 28.3. The highest BCUT2D eigenvalue weighted by Crippen LogP contribution is 2.45. The third kappa shape index (κ3) is 4.15. The number of hydrogen-bond acceptors (Lipinski definition) is 3. The van der Waals surface area contributed by atoms with Crippen molar-refractivity contribution in [1.29, 1.82) is 0 Å². The van der Waals surface area contributed by atoms with Crippen LogP contribution in [-0.4, -0.2) is 25.8 Å². The molecule has 0 bridgehead atoms. The second-order valence-electron chi connectivity index (χ2n) is 8.91. The van der Waals surface area contributed by atoms with Gasteiger partial charge in [0, 0.05) is 46.6 Å². The first kappa shape index (κ1) is 21.1. The molecule has 6 nitrogen and oxygen atoms in total. The number of nitrogens with zero attached hydrogens (tertiary/aromatic N) is 2. The van der Waals surface area contributed by atoms with Crippen LogP contribution in [0, 0.1) is 0 Å². The van der Waals surface area contributed by atoms with E-state index in [1.54, 1.807) is 0 Å². The van der Waals surface area contributed by atoms with Gasteiger partial charge in [-0.1, -0.05) is 55.1 Å². The Morgan fingerprint density at radius 3 is 2.66 bits per heavy atom. The summed E-state index contributed by atoms with van der Waals surface area (Å²) in [5.74, 6) is 1.15. The second-order valence-corrected chi connectivity index (χ2v) is 8.91. The van der Waals surface area contributed by atoms with Crippen molar-refractivity contribution in [3.05, 3.63) is 96.8 Å². The molecule has 0 saturated heterocycles. The smallest absolute Gasteiger partial charge is 0.243 e. The van der Waals surface area contributed by atoms with E-state index < -0.39 is 0 Å². The maximum absolute atomic E-state index is 11.6. The first-order valence-corrected chi connectivity index (χ1v) is 11.8. The molecule has 3 heterocycles. The predicted molar refractivity (Wildman–Crippen MR) is 139 cm³/mol. The Bertz CT molecular complexity index is 1540. The number of imidazole rings is 1. The summed E-state index contributed by atoms with van der Waals surface area (Å²) in [5, 5.41) is 3.90. The fraction of sp³-hybridized carbons (Fsp3) is 0.138. The van der Waals surface area contributed by atoms with Gasteiger partial charge >= 0.3 is 0 Å². The number of aromatic nitrogens is 4. The van der Waals surface area contributed by atoms with Crippen LogP contribution in [0.3, 0.4) is 0 Å². The third-order valence-electron chi connectivity index (χ3n) is 6.44. The van der Waals surface area contributed by atoms with Crippen molar-refractivity contribution >= 4 is 16.9 Å². The third-order valence-corrected chi connectivity index (χ3v) is 6.44. The van der Waals surface area contributed by atoms with Crippen molar-refractivity contribution in [2.75, 3.05) is 0 Å². The van der Waals surface area contributed by atoms with E-state index in [-0.39, 0.29) is 5.91 Å². The number of pyridine rings is 1. The predicted octanol–water partition coefficient (Wildman–Crippen LogP) is 5.97. The number of carbonyl (C=O) groups excluding carboxylic acids is 1. The van der Waals surface area contributed by atoms with Crippen molar-refractivity contribution in [3.8, 4) is 33.9 Å². The van der Waals surface area contributed by atoms with Gasteiger partial charge in [0.2, 0.25) is 5.91 Å². The molecule has 5 aromatic rings. The number of nitrogens with one attached hydrogen (secondary N) is 3. The summed E-state index contributed by atoms with van der Waals surface area (Å²) in [6, 6.07) is 22.6. The highest BCUT2D eigenvalue weighted by molar-refractivity contribution is 5.96. The minimum Gasteiger partial charge on any atom is -0.348 e. The largest absolute Gasteiger partial charge is 0.348 e. The number of carbonyl (C=O) groups is 1. The molecular weight excluding hydrogens is 434 g/mol. The molecule has 172 valence electrons. The first-order chi connectivity index (χ1) is 17.2. The highest BCUT2D eigenvalue weighted by Gasteiger charge is 2.30. The van der Waals surface area contributed by atoms with Crippen LogP contribution in [0.2, 0.25) is 0 Å². The Hall–Kier alpha value is -4.45. The zero-order valence-corrected chi connectivity index (χ0v) is 19.2. The van der Waals surface area contributed by atoms with Gasteiger partial charge in [0.05, 0.1) is 5.69 Å². The van der Waals surface area contributed by atoms with Crippen LogP contribution < -0.4 is 5.32 Å². The fourth-order valence-corrected chi connectivity index (χ4v) is 4.49. The average molecular weight is 460 g/mol. The van der Waals surface area contributed by atoms with Crippen LogP contribution in [0.25, 0.3) is 44.9 Å². The van der Waals surface area contributed by atoms with Crippen LogP contribution in [0.15, 0.2) is 85.6 Å². The van der Waals surface area contributed by atoms with Gasteiger partial charge in [0.25, 0.3) is 0 Å². The summed E-state index contributed by atoms with van der Waals surface area (Å²) in [6.45, 7) is 3.95. The van der Waals surface area contributed by atoms with Crippen LogP contribution in [0.1, 0.15) is 30.0 Å². The highest BCUT2D eigenvalue weighted by atomic mass is 16.1. The van der Waals surface area contributed by atoms with Gasteiger partial charge in [-0.05, 0) is 48.2 Å². The molecule has 1 fully saturated rings. The molecule has 6 rings (SSSR count). The van der Waals surface area contributed by atoms with Crippen molar-refractivity contribution < 1.29 is 4.79 Å². The molecule has 1 aliphatic rings. The van der Waals surface area contributed by atoms with E-state index in [9.17, 15) is 4.79 Å². The maximum atomic E-state index is 11.6. The monoisotopic (exact) mass is 459 g/mol. The van der Waals surface area contributed by atoms with Gasteiger partial charge in [0.15, 0.2) is 0 Å². The summed E-state index contributed by atoms with van der Waals surface area (Å²) in [6.07, 6.45) is 5.46. The summed E-state index contributed by atoms with van der Waals surface area (Å²) in [7, 11) is 0. The molecule has 3 aromatic heterocycles. The Kier molecular flexibility index (Phi) is 5.26. The lowest BCUT2D eigenvalue weighted by Gasteiger charge is -2.04. The molecule has 3 N–H and O–H groups in total. The fourth-order valence-electron chi connectivity index (χ4n) is 4.49. The molecule has 0 atom stereocenters. The zero-order valence-electron chi connectivity index (χ0n) is 19.2. The van der Waals surface area contributed by atoms with Gasteiger partial charge in [-0.15, -0.1) is 0 Å². The summed E-state index contributed by atoms with van der Waals surface area (Å²) in [5.41, 5.74) is 8.26. The molecule has 6 heteroatoms. The molecule has 0 spiro atoms. The topological polar surface area (TPSA) is 86.5 Å². The number of aromatic amines is 2. The molecule has 1 aliphatic carbocycles. The lowest BCUT2D eigenvalue weighted by Crippen LogP contribution is -2.19. The van der Waals surface area contributed by atoms with Gasteiger partial charge in [-0.2, -0.15) is 0 Å². The van der Waals surface area contributed by atoms with Gasteiger partial charge in [-0.25, -0.2) is 9.97 Å². The molecule has 0 aliphatic heterocycles. The average Bonchev–Trinajstić information content (AvgIpc) is 3.50. The van der Waals surface area contributed by atoms with E-state index in [1.807, 2.05) is 42.6 Å². The first-order valence-electron chi connectivity index (χ1n) is 11.8. The molecule has 2 aromatic carbocycles. The van der Waals surface area contributed by atoms with Crippen LogP contribution in [0.4, 0.5) is 0 Å². The SMILES string of the molecule is C=CC(=O)NCc1cccc(-c2nc(-c3ccnc4[nH]c(-c5ccccc5)cc34)c(C3CC3)[nH]2)c1. The Morgan fingerprint density at radius 1 is 1.03 bits per heavy atom. The molecule has 35 heavy (non-hydrogen) atoms. The number of rotatable bonds is 7. The lowest BCUT2D eigenvalue weighted by atomic mass is 10.1. The summed E-state index contributed by atoms with van der Waals surface area (Å²) < 4.78 is 0. The number of fused-ring (bicyclic) bond motifs is 1. The van der Waals surface area contributed by atoms with Crippen molar-refractivity contribution in [3.63, 3.8) is 0 Å². The second kappa shape index (κ2) is 8.72. The molecule has 1 amide bonds. The van der Waals surface area contributed by atoms with E-state index in [0.29, 0.717) is 12.5 Å². The lowest BCUT2D eigenvalue weighted by molar-refractivity contribution is -0.116. The maximum Gasteiger partial charge on any atom is 0.243 e.